The Morgan fingerprint density at radius 2 is 1.78 bits per heavy atom. The number of carbonyl (C=O) groups is 2. The van der Waals surface area contributed by atoms with Gasteiger partial charge in [-0.1, -0.05) is 24.3 Å². The molecule has 1 atom stereocenters. The smallest absolute Gasteiger partial charge is 0.468 e. The first-order chi connectivity index (χ1) is 16.8. The number of pyridine rings is 2. The molecule has 0 radical (unpaired) electrons. The lowest BCUT2D eigenvalue weighted by atomic mass is 9.75. The quantitative estimate of drug-likeness (QED) is 0.394. The molecule has 9 heteroatoms. The summed E-state index contributed by atoms with van der Waals surface area (Å²) in [6.07, 6.45) is 1.64. The van der Waals surface area contributed by atoms with E-state index in [9.17, 15) is 9.59 Å². The predicted molar refractivity (Wildman–Crippen MR) is 136 cm³/mol. The van der Waals surface area contributed by atoms with E-state index in [-0.39, 0.29) is 5.97 Å². The number of aromatic nitrogens is 2. The van der Waals surface area contributed by atoms with Crippen LogP contribution < -0.4 is 5.46 Å². The highest BCUT2D eigenvalue weighted by atomic mass is 16.8. The minimum absolute atomic E-state index is 0.350. The summed E-state index contributed by atoms with van der Waals surface area (Å²) in [4.78, 5) is 34.7. The molecule has 1 aliphatic heterocycles. The van der Waals surface area contributed by atoms with E-state index >= 15 is 0 Å². The molecule has 0 aliphatic carbocycles. The van der Waals surface area contributed by atoms with Crippen LogP contribution in [0.5, 0.6) is 0 Å². The van der Waals surface area contributed by atoms with Gasteiger partial charge < -0.3 is 18.8 Å². The van der Waals surface area contributed by atoms with Crippen LogP contribution in [0.25, 0.3) is 11.0 Å². The van der Waals surface area contributed by atoms with Crippen molar-refractivity contribution >= 4 is 35.6 Å². The zero-order valence-electron chi connectivity index (χ0n) is 22.0. The van der Waals surface area contributed by atoms with Gasteiger partial charge in [0.05, 0.1) is 18.1 Å². The normalized spacial score (nSPS) is 19.4. The third-order valence-electron chi connectivity index (χ3n) is 7.14. The minimum atomic E-state index is -1.40. The van der Waals surface area contributed by atoms with Crippen LogP contribution in [-0.2, 0) is 29.0 Å². The van der Waals surface area contributed by atoms with Crippen molar-refractivity contribution in [3.63, 3.8) is 0 Å². The molecule has 36 heavy (non-hydrogen) atoms. The molecule has 0 amide bonds. The summed E-state index contributed by atoms with van der Waals surface area (Å²) in [6, 6.07) is 10.9. The molecule has 1 fully saturated rings. The van der Waals surface area contributed by atoms with E-state index < -0.39 is 29.9 Å². The highest BCUT2D eigenvalue weighted by Crippen LogP contribution is 2.39. The number of hydrogen-bond donors (Lipinski definition) is 0. The molecule has 0 spiro atoms. The van der Waals surface area contributed by atoms with Gasteiger partial charge in [-0.05, 0) is 70.3 Å². The van der Waals surface area contributed by atoms with Crippen molar-refractivity contribution in [2.75, 3.05) is 7.11 Å². The van der Waals surface area contributed by atoms with Gasteiger partial charge in [-0.25, -0.2) is 14.8 Å². The maximum absolute atomic E-state index is 13.6. The van der Waals surface area contributed by atoms with Crippen LogP contribution in [0.1, 0.15) is 61.8 Å². The Hall–Kier alpha value is -3.30. The highest BCUT2D eigenvalue weighted by Gasteiger charge is 2.58. The molecule has 1 aliphatic rings. The van der Waals surface area contributed by atoms with Gasteiger partial charge >= 0.3 is 19.1 Å². The fourth-order valence-corrected chi connectivity index (χ4v) is 4.27. The topological polar surface area (TPSA) is 96.8 Å². The van der Waals surface area contributed by atoms with E-state index in [2.05, 4.69) is 9.97 Å². The van der Waals surface area contributed by atoms with Crippen LogP contribution in [0, 0.1) is 13.8 Å². The van der Waals surface area contributed by atoms with Gasteiger partial charge in [-0.15, -0.1) is 0 Å². The van der Waals surface area contributed by atoms with Gasteiger partial charge in [0.25, 0.3) is 0 Å². The summed E-state index contributed by atoms with van der Waals surface area (Å²) < 4.78 is 23.5. The van der Waals surface area contributed by atoms with Crippen molar-refractivity contribution in [3.05, 3.63) is 65.0 Å². The monoisotopic (exact) mass is 490 g/mol. The first-order valence-electron chi connectivity index (χ1n) is 11.8. The molecule has 4 rings (SSSR count). The van der Waals surface area contributed by atoms with E-state index in [1.54, 1.807) is 39.1 Å². The van der Waals surface area contributed by atoms with Gasteiger partial charge in [0.1, 0.15) is 5.60 Å². The van der Waals surface area contributed by atoms with Crippen molar-refractivity contribution in [2.45, 2.75) is 65.3 Å². The lowest BCUT2D eigenvalue weighted by Crippen LogP contribution is -2.48. The molecule has 1 saturated heterocycles. The van der Waals surface area contributed by atoms with Crippen LogP contribution in [0.15, 0.2) is 42.6 Å². The van der Waals surface area contributed by atoms with E-state index in [1.807, 2.05) is 52.0 Å². The summed E-state index contributed by atoms with van der Waals surface area (Å²) in [7, 11) is 0.551. The van der Waals surface area contributed by atoms with Crippen LogP contribution in [-0.4, -0.2) is 47.5 Å². The number of rotatable bonds is 5. The van der Waals surface area contributed by atoms with Crippen molar-refractivity contribution in [3.8, 4) is 0 Å². The summed E-state index contributed by atoms with van der Waals surface area (Å²) in [5.74, 6) is -2.30. The highest BCUT2D eigenvalue weighted by molar-refractivity contribution is 6.62. The second-order valence-corrected chi connectivity index (χ2v) is 10.2. The van der Waals surface area contributed by atoms with Crippen LogP contribution in [0.2, 0.25) is 0 Å². The second kappa shape index (κ2) is 8.98. The molecule has 188 valence electrons. The number of nitrogens with zero attached hydrogens (tertiary/aromatic N) is 2. The molecule has 0 bridgehead atoms. The number of carbonyl (C=O) groups excluding carboxylic acids is 2. The Labute approximate surface area is 211 Å². The minimum Gasteiger partial charge on any atom is -0.468 e. The zero-order valence-corrected chi connectivity index (χ0v) is 22.0. The molecule has 3 heterocycles. The average molecular weight is 490 g/mol. The predicted octanol–water partition coefficient (Wildman–Crippen LogP) is 3.79. The van der Waals surface area contributed by atoms with Crippen molar-refractivity contribution in [1.29, 1.82) is 0 Å². The fraction of sp³-hybridized carbons (Fsp3) is 0.407. The van der Waals surface area contributed by atoms with Gasteiger partial charge in [-0.2, -0.15) is 0 Å². The third kappa shape index (κ3) is 4.26. The average Bonchev–Trinajstić information content (AvgIpc) is 3.07. The number of esters is 2. The summed E-state index contributed by atoms with van der Waals surface area (Å²) >= 11 is 0. The summed E-state index contributed by atoms with van der Waals surface area (Å²) in [6.45, 7) is 12.6. The molecule has 2 aromatic heterocycles. The van der Waals surface area contributed by atoms with Crippen LogP contribution >= 0.6 is 0 Å². The van der Waals surface area contributed by atoms with Gasteiger partial charge in [0.2, 0.25) is 5.79 Å². The van der Waals surface area contributed by atoms with Gasteiger partial charge in [0.15, 0.2) is 5.65 Å². The molecular formula is C27H31BN2O6. The number of benzene rings is 1. The fourth-order valence-electron chi connectivity index (χ4n) is 4.27. The summed E-state index contributed by atoms with van der Waals surface area (Å²) in [5, 5.41) is 0.611. The van der Waals surface area contributed by atoms with Crippen LogP contribution in [0.4, 0.5) is 0 Å². The number of aryl methyl sites for hydroxylation is 1. The second-order valence-electron chi connectivity index (χ2n) is 10.2. The van der Waals surface area contributed by atoms with Gasteiger partial charge in [0, 0.05) is 24.2 Å². The maximum atomic E-state index is 13.6. The Balaban J connectivity index is 1.66. The molecular weight excluding hydrogens is 459 g/mol. The Morgan fingerprint density at radius 1 is 1.06 bits per heavy atom. The number of hydrogen-bond acceptors (Lipinski definition) is 8. The first kappa shape index (κ1) is 25.8. The number of fused-ring (bicyclic) bond motifs is 1. The van der Waals surface area contributed by atoms with Crippen molar-refractivity contribution in [2.24, 2.45) is 0 Å². The molecule has 3 aromatic rings. The van der Waals surface area contributed by atoms with Crippen LogP contribution in [0.3, 0.4) is 0 Å². The maximum Gasteiger partial charge on any atom is 0.497 e. The molecule has 0 N–H and O–H groups in total. The summed E-state index contributed by atoms with van der Waals surface area (Å²) in [5.41, 5.74) is 1.90. The molecule has 8 nitrogen and oxygen atoms in total. The molecule has 1 unspecified atom stereocenters. The molecule has 1 aromatic carbocycles. The number of ether oxygens (including phenoxy) is 2. The molecule has 0 saturated carbocycles. The zero-order chi connectivity index (χ0) is 26.5. The number of methoxy groups -OCH3 is 1. The third-order valence-corrected chi connectivity index (χ3v) is 7.14. The Bertz CT molecular complexity index is 1360. The Kier molecular flexibility index (Phi) is 6.43. The lowest BCUT2D eigenvalue weighted by Gasteiger charge is -2.35. The SMILES string of the molecule is COC(=O)C(C)(C)c1cccc(B2OC(C)(C)C(C)(OC(=O)c3c(C)c(C)nc4ncccc34)O2)c1. The van der Waals surface area contributed by atoms with Gasteiger partial charge in [-0.3, -0.25) is 4.79 Å². The van der Waals surface area contributed by atoms with Crippen molar-refractivity contribution in [1.82, 2.24) is 9.97 Å². The largest absolute Gasteiger partial charge is 0.497 e. The van der Waals surface area contributed by atoms with E-state index in [0.29, 0.717) is 27.8 Å². The Morgan fingerprint density at radius 3 is 2.47 bits per heavy atom. The van der Waals surface area contributed by atoms with Crippen molar-refractivity contribution < 1.29 is 28.4 Å². The van der Waals surface area contributed by atoms with E-state index in [1.165, 1.54) is 7.11 Å². The first-order valence-corrected chi connectivity index (χ1v) is 11.8. The lowest BCUT2D eigenvalue weighted by molar-refractivity contribution is -0.179. The standard InChI is InChI=1S/C27H31BN2O6/c1-16-17(2)30-22-20(13-10-14-29-22)21(16)23(31)34-27(7)26(5,6)35-28(36-27)19-12-9-11-18(15-19)25(3,4)24(32)33-8/h9-15H,1-8H3. The van der Waals surface area contributed by atoms with E-state index in [0.717, 1.165) is 11.1 Å². The van der Waals surface area contributed by atoms with E-state index in [4.69, 9.17) is 18.8 Å².